The van der Waals surface area contributed by atoms with Gasteiger partial charge in [0.15, 0.2) is 0 Å². The maximum absolute atomic E-state index is 14.2. The van der Waals surface area contributed by atoms with E-state index < -0.39 is 17.3 Å². The molecule has 0 amide bonds. The normalized spacial score (nSPS) is 11.6. The number of imidazole rings is 1. The van der Waals surface area contributed by atoms with Crippen LogP contribution >= 0.6 is 0 Å². The molecule has 2 N–H and O–H groups in total. The summed E-state index contributed by atoms with van der Waals surface area (Å²) in [5.74, 6) is -0.226. The lowest BCUT2D eigenvalue weighted by molar-refractivity contribution is 0.585. The van der Waals surface area contributed by atoms with Crippen LogP contribution in [0.4, 0.5) is 8.78 Å². The van der Waals surface area contributed by atoms with Gasteiger partial charge in [-0.15, -0.1) is 10.2 Å². The first-order chi connectivity index (χ1) is 12.4. The van der Waals surface area contributed by atoms with Crippen LogP contribution in [0.15, 0.2) is 35.4 Å². The van der Waals surface area contributed by atoms with E-state index in [1.165, 1.54) is 12.3 Å². The van der Waals surface area contributed by atoms with Crippen molar-refractivity contribution in [2.45, 2.75) is 19.8 Å². The summed E-state index contributed by atoms with van der Waals surface area (Å²) in [5, 5.41) is 8.11. The van der Waals surface area contributed by atoms with Crippen molar-refractivity contribution in [1.82, 2.24) is 29.5 Å². The smallest absolute Gasteiger partial charge is 0.305 e. The maximum atomic E-state index is 14.2. The fourth-order valence-corrected chi connectivity index (χ4v) is 2.82. The summed E-state index contributed by atoms with van der Waals surface area (Å²) >= 11 is 0. The largest absolute Gasteiger partial charge is 0.323 e. The number of fused-ring (bicyclic) bond motifs is 1. The van der Waals surface area contributed by atoms with Crippen molar-refractivity contribution < 1.29 is 8.78 Å². The third-order valence-electron chi connectivity index (χ3n) is 4.02. The van der Waals surface area contributed by atoms with Gasteiger partial charge in [-0.3, -0.25) is 4.40 Å². The van der Waals surface area contributed by atoms with Crippen molar-refractivity contribution in [3.8, 4) is 22.5 Å². The molecule has 0 atom stereocenters. The first kappa shape index (κ1) is 16.1. The molecular formula is C17H14F2N6O. The van der Waals surface area contributed by atoms with Crippen LogP contribution in [-0.2, 0) is 0 Å². The number of nitrogens with one attached hydrogen (secondary N) is 2. The van der Waals surface area contributed by atoms with E-state index >= 15 is 0 Å². The number of H-pyrrole nitrogens is 2. The minimum absolute atomic E-state index is 0.0766. The molecule has 9 heteroatoms. The quantitative estimate of drug-likeness (QED) is 0.590. The average molecular weight is 356 g/mol. The third-order valence-corrected chi connectivity index (χ3v) is 4.02. The number of benzene rings is 1. The van der Waals surface area contributed by atoms with Crippen LogP contribution in [0.1, 0.15) is 25.6 Å². The minimum Gasteiger partial charge on any atom is -0.305 e. The van der Waals surface area contributed by atoms with E-state index in [1.807, 2.05) is 13.8 Å². The molecule has 26 heavy (non-hydrogen) atoms. The molecule has 0 aliphatic rings. The van der Waals surface area contributed by atoms with Crippen molar-refractivity contribution in [2.24, 2.45) is 0 Å². The Morgan fingerprint density at radius 3 is 2.62 bits per heavy atom. The van der Waals surface area contributed by atoms with Crippen molar-refractivity contribution in [3.63, 3.8) is 0 Å². The molecule has 0 aliphatic carbocycles. The number of halogens is 2. The highest BCUT2D eigenvalue weighted by molar-refractivity contribution is 5.77. The fraction of sp³-hybridized carbons (Fsp3) is 0.176. The summed E-state index contributed by atoms with van der Waals surface area (Å²) in [7, 11) is 0. The summed E-state index contributed by atoms with van der Waals surface area (Å²) in [6.45, 7) is 3.95. The Balaban J connectivity index is 1.93. The molecule has 0 fully saturated rings. The van der Waals surface area contributed by atoms with Gasteiger partial charge in [0.2, 0.25) is 0 Å². The van der Waals surface area contributed by atoms with E-state index in [4.69, 9.17) is 0 Å². The van der Waals surface area contributed by atoms with Crippen LogP contribution in [0.25, 0.3) is 28.3 Å². The van der Waals surface area contributed by atoms with E-state index in [2.05, 4.69) is 25.1 Å². The van der Waals surface area contributed by atoms with Crippen LogP contribution in [0.3, 0.4) is 0 Å². The zero-order valence-electron chi connectivity index (χ0n) is 13.9. The molecule has 0 spiro atoms. The lowest BCUT2D eigenvalue weighted by atomic mass is 10.1. The van der Waals surface area contributed by atoms with Crippen LogP contribution in [0.5, 0.6) is 0 Å². The number of aromatic amines is 2. The van der Waals surface area contributed by atoms with Gasteiger partial charge in [-0.1, -0.05) is 13.8 Å². The monoisotopic (exact) mass is 356 g/mol. The Morgan fingerprint density at radius 2 is 1.88 bits per heavy atom. The second-order valence-corrected chi connectivity index (χ2v) is 6.18. The van der Waals surface area contributed by atoms with Gasteiger partial charge in [0, 0.05) is 35.5 Å². The molecule has 7 nitrogen and oxygen atoms in total. The van der Waals surface area contributed by atoms with Crippen molar-refractivity contribution in [1.29, 1.82) is 0 Å². The predicted octanol–water partition coefficient (Wildman–Crippen LogP) is 2.88. The molecule has 0 radical (unpaired) electrons. The molecule has 4 aromatic rings. The SMILES string of the molecule is CC(C)c1nnc2ncc(-c3[nH]c(=O)[nH]c3-c3ccc(F)cc3F)cn12. The molecule has 0 bridgehead atoms. The molecule has 0 aliphatic heterocycles. The van der Waals surface area contributed by atoms with Gasteiger partial charge in [-0.05, 0) is 12.1 Å². The zero-order valence-corrected chi connectivity index (χ0v) is 13.9. The Hall–Kier alpha value is -3.36. The minimum atomic E-state index is -0.775. The fourth-order valence-electron chi connectivity index (χ4n) is 2.82. The second kappa shape index (κ2) is 5.87. The van der Waals surface area contributed by atoms with E-state index in [0.717, 1.165) is 12.1 Å². The molecular weight excluding hydrogens is 342 g/mol. The van der Waals surface area contributed by atoms with Crippen LogP contribution in [0.2, 0.25) is 0 Å². The highest BCUT2D eigenvalue weighted by atomic mass is 19.1. The van der Waals surface area contributed by atoms with Gasteiger partial charge in [0.05, 0.1) is 11.4 Å². The van der Waals surface area contributed by atoms with E-state index in [1.54, 1.807) is 10.6 Å². The number of hydrogen-bond donors (Lipinski definition) is 2. The Kier molecular flexibility index (Phi) is 3.64. The Labute approximate surface area is 145 Å². The molecule has 0 saturated heterocycles. The lowest BCUT2D eigenvalue weighted by Crippen LogP contribution is -2.01. The first-order valence-electron chi connectivity index (χ1n) is 7.93. The van der Waals surface area contributed by atoms with E-state index in [-0.39, 0.29) is 17.2 Å². The first-order valence-corrected chi connectivity index (χ1v) is 7.93. The van der Waals surface area contributed by atoms with Gasteiger partial charge in [0.1, 0.15) is 17.5 Å². The van der Waals surface area contributed by atoms with Crippen LogP contribution in [0, 0.1) is 11.6 Å². The average Bonchev–Trinajstić information content (AvgIpc) is 3.17. The highest BCUT2D eigenvalue weighted by Crippen LogP contribution is 2.30. The van der Waals surface area contributed by atoms with Gasteiger partial charge in [0.25, 0.3) is 5.78 Å². The van der Waals surface area contributed by atoms with Crippen LogP contribution < -0.4 is 5.69 Å². The van der Waals surface area contributed by atoms with Gasteiger partial charge < -0.3 is 9.97 Å². The van der Waals surface area contributed by atoms with Gasteiger partial charge >= 0.3 is 5.69 Å². The van der Waals surface area contributed by atoms with Crippen molar-refractivity contribution in [3.05, 3.63) is 58.5 Å². The Morgan fingerprint density at radius 1 is 1.12 bits per heavy atom. The number of rotatable bonds is 3. The molecule has 1 aromatic carbocycles. The summed E-state index contributed by atoms with van der Waals surface area (Å²) < 4.78 is 29.1. The predicted molar refractivity (Wildman–Crippen MR) is 90.6 cm³/mol. The van der Waals surface area contributed by atoms with Crippen LogP contribution in [-0.4, -0.2) is 29.5 Å². The molecule has 132 valence electrons. The van der Waals surface area contributed by atoms with Gasteiger partial charge in [-0.25, -0.2) is 18.6 Å². The summed E-state index contributed by atoms with van der Waals surface area (Å²) in [5.41, 5.74) is 0.668. The molecule has 4 rings (SSSR count). The zero-order chi connectivity index (χ0) is 18.4. The Bertz CT molecular complexity index is 1170. The molecule has 3 heterocycles. The maximum Gasteiger partial charge on any atom is 0.323 e. The summed E-state index contributed by atoms with van der Waals surface area (Å²) in [6.07, 6.45) is 3.24. The molecule has 0 saturated carbocycles. The molecule has 0 unspecified atom stereocenters. The standard InChI is InChI=1S/C17H14F2N6O/c1-8(2)15-23-24-16-20-6-9(7-25(15)16)13-14(22-17(26)21-13)11-4-3-10(18)5-12(11)19/h3-8H,1-2H3,(H2,21,22,26). The van der Waals surface area contributed by atoms with E-state index in [9.17, 15) is 13.6 Å². The lowest BCUT2D eigenvalue weighted by Gasteiger charge is -2.07. The number of nitrogens with zero attached hydrogens (tertiary/aromatic N) is 4. The summed E-state index contributed by atoms with van der Waals surface area (Å²) in [6, 6.07) is 3.17. The third kappa shape index (κ3) is 2.57. The number of aromatic nitrogens is 6. The van der Waals surface area contributed by atoms with Gasteiger partial charge in [-0.2, -0.15) is 0 Å². The van der Waals surface area contributed by atoms with E-state index in [0.29, 0.717) is 22.9 Å². The van der Waals surface area contributed by atoms with Crippen molar-refractivity contribution >= 4 is 5.78 Å². The number of hydrogen-bond acceptors (Lipinski definition) is 4. The van der Waals surface area contributed by atoms with Crippen molar-refractivity contribution in [2.75, 3.05) is 0 Å². The topological polar surface area (TPSA) is 91.7 Å². The molecule has 3 aromatic heterocycles. The highest BCUT2D eigenvalue weighted by Gasteiger charge is 2.18. The second-order valence-electron chi connectivity index (χ2n) is 6.18. The summed E-state index contributed by atoms with van der Waals surface area (Å²) in [4.78, 5) is 21.3.